The van der Waals surface area contributed by atoms with Crippen molar-refractivity contribution in [1.29, 1.82) is 0 Å². The van der Waals surface area contributed by atoms with Crippen LogP contribution in [-0.4, -0.2) is 53.6 Å². The van der Waals surface area contributed by atoms with Gasteiger partial charge in [0.1, 0.15) is 18.8 Å². The summed E-state index contributed by atoms with van der Waals surface area (Å²) < 4.78 is 6.32. The number of anilines is 1. The number of benzene rings is 2. The number of thiophene rings is 1. The second-order valence-electron chi connectivity index (χ2n) is 8.68. The Labute approximate surface area is 209 Å². The second-order valence-corrected chi connectivity index (χ2v) is 9.73. The third-order valence-electron chi connectivity index (χ3n) is 6.13. The largest absolute Gasteiger partial charge is 0.463 e. The number of nitrogens with zero attached hydrogens (tertiary/aromatic N) is 3. The molecular formula is C27H29N5O2S. The number of hydrogen-bond acceptors (Lipinski definition) is 8. The average Bonchev–Trinajstić information content (AvgIpc) is 3.33. The number of fused-ring (bicyclic) bond motifs is 1. The molecule has 2 N–H and O–H groups in total. The quantitative estimate of drug-likeness (QED) is 0.355. The zero-order valence-corrected chi connectivity index (χ0v) is 20.6. The van der Waals surface area contributed by atoms with E-state index >= 15 is 0 Å². The summed E-state index contributed by atoms with van der Waals surface area (Å²) in [5.74, 6) is 0.432. The molecule has 4 aromatic rings. The molecule has 1 aliphatic rings. The van der Waals surface area contributed by atoms with Crippen molar-refractivity contribution in [3.8, 4) is 10.4 Å². The number of esters is 1. The minimum absolute atomic E-state index is 0.215. The maximum absolute atomic E-state index is 11.5. The first-order valence-corrected chi connectivity index (χ1v) is 12.7. The monoisotopic (exact) mass is 487 g/mol. The number of ether oxygens (including phenoxy) is 1. The van der Waals surface area contributed by atoms with Gasteiger partial charge in [-0.25, -0.2) is 9.97 Å². The number of nitrogens with one attached hydrogen (secondary N) is 2. The molecule has 35 heavy (non-hydrogen) atoms. The summed E-state index contributed by atoms with van der Waals surface area (Å²) in [6.07, 6.45) is 1.58. The summed E-state index contributed by atoms with van der Waals surface area (Å²) in [4.78, 5) is 24.1. The first-order valence-electron chi connectivity index (χ1n) is 11.9. The van der Waals surface area contributed by atoms with Gasteiger partial charge in [0.05, 0.1) is 16.3 Å². The molecule has 1 aliphatic heterocycles. The van der Waals surface area contributed by atoms with E-state index < -0.39 is 0 Å². The third-order valence-corrected chi connectivity index (χ3v) is 7.31. The van der Waals surface area contributed by atoms with Crippen molar-refractivity contribution in [3.05, 3.63) is 78.1 Å². The van der Waals surface area contributed by atoms with Gasteiger partial charge in [0.25, 0.3) is 0 Å². The van der Waals surface area contributed by atoms with E-state index in [0.29, 0.717) is 0 Å². The fraction of sp³-hybridized carbons (Fsp3) is 0.296. The van der Waals surface area contributed by atoms with Crippen LogP contribution in [0.3, 0.4) is 0 Å². The average molecular weight is 488 g/mol. The van der Waals surface area contributed by atoms with Crippen LogP contribution in [0.5, 0.6) is 0 Å². The lowest BCUT2D eigenvalue weighted by Crippen LogP contribution is -2.42. The topological polar surface area (TPSA) is 79.4 Å². The zero-order valence-electron chi connectivity index (χ0n) is 19.7. The molecule has 0 spiro atoms. The molecule has 8 heteroatoms. The summed E-state index contributed by atoms with van der Waals surface area (Å²) in [5.41, 5.74) is 4.42. The fourth-order valence-electron chi connectivity index (χ4n) is 4.27. The number of carbonyl (C=O) groups excluding carboxylic acids is 1. The maximum atomic E-state index is 11.5. The van der Waals surface area contributed by atoms with Crippen LogP contribution in [0.4, 0.5) is 5.82 Å². The minimum atomic E-state index is -0.306. The Morgan fingerprint density at radius 2 is 1.89 bits per heavy atom. The van der Waals surface area contributed by atoms with Crippen molar-refractivity contribution >= 4 is 33.3 Å². The SMILES string of the molecule is CC(=O)OC[C@@H](Nc1ncnc2cc(-c3ccc(CN4CCNCC4)cc3)sc12)c1ccccc1. The van der Waals surface area contributed by atoms with Gasteiger partial charge in [-0.05, 0) is 22.8 Å². The maximum Gasteiger partial charge on any atom is 0.302 e. The van der Waals surface area contributed by atoms with Gasteiger partial charge in [0, 0.05) is 44.5 Å². The van der Waals surface area contributed by atoms with Crippen LogP contribution in [0.1, 0.15) is 24.1 Å². The van der Waals surface area contributed by atoms with E-state index in [4.69, 9.17) is 4.74 Å². The Morgan fingerprint density at radius 3 is 2.63 bits per heavy atom. The van der Waals surface area contributed by atoms with Crippen molar-refractivity contribution < 1.29 is 9.53 Å². The number of carbonyl (C=O) groups is 1. The third kappa shape index (κ3) is 5.85. The summed E-state index contributed by atoms with van der Waals surface area (Å²) in [5, 5.41) is 6.89. The molecular weight excluding hydrogens is 458 g/mol. The van der Waals surface area contributed by atoms with Gasteiger partial charge < -0.3 is 15.4 Å². The van der Waals surface area contributed by atoms with Gasteiger partial charge in [-0.3, -0.25) is 9.69 Å². The molecule has 1 fully saturated rings. The number of rotatable bonds is 8. The van der Waals surface area contributed by atoms with Gasteiger partial charge >= 0.3 is 5.97 Å². The molecule has 0 unspecified atom stereocenters. The van der Waals surface area contributed by atoms with Crippen LogP contribution >= 0.6 is 11.3 Å². The lowest BCUT2D eigenvalue weighted by molar-refractivity contribution is -0.141. The number of aromatic nitrogens is 2. The molecule has 2 aromatic carbocycles. The molecule has 5 rings (SSSR count). The molecule has 1 atom stereocenters. The van der Waals surface area contributed by atoms with Crippen LogP contribution in [0.15, 0.2) is 67.0 Å². The lowest BCUT2D eigenvalue weighted by atomic mass is 10.1. The van der Waals surface area contributed by atoms with E-state index in [9.17, 15) is 4.79 Å². The summed E-state index contributed by atoms with van der Waals surface area (Å²) in [6.45, 7) is 6.93. The zero-order chi connectivity index (χ0) is 24.0. The van der Waals surface area contributed by atoms with E-state index in [1.807, 2.05) is 30.3 Å². The van der Waals surface area contributed by atoms with E-state index in [1.54, 1.807) is 17.7 Å². The van der Waals surface area contributed by atoms with Crippen molar-refractivity contribution in [3.63, 3.8) is 0 Å². The van der Waals surface area contributed by atoms with Gasteiger partial charge in [0.15, 0.2) is 0 Å². The smallest absolute Gasteiger partial charge is 0.302 e. The van der Waals surface area contributed by atoms with Gasteiger partial charge in [-0.15, -0.1) is 11.3 Å². The van der Waals surface area contributed by atoms with Crippen LogP contribution < -0.4 is 10.6 Å². The Kier molecular flexibility index (Phi) is 7.32. The highest BCUT2D eigenvalue weighted by atomic mass is 32.1. The molecule has 1 saturated heterocycles. The van der Waals surface area contributed by atoms with Gasteiger partial charge in [-0.2, -0.15) is 0 Å². The van der Waals surface area contributed by atoms with E-state index in [0.717, 1.165) is 59.2 Å². The molecule has 3 heterocycles. The molecule has 0 amide bonds. The predicted octanol–water partition coefficient (Wildman–Crippen LogP) is 4.48. The van der Waals surface area contributed by atoms with E-state index in [-0.39, 0.29) is 18.6 Å². The van der Waals surface area contributed by atoms with Crippen molar-refractivity contribution in [2.24, 2.45) is 0 Å². The minimum Gasteiger partial charge on any atom is -0.463 e. The normalized spacial score (nSPS) is 15.1. The van der Waals surface area contributed by atoms with Crippen molar-refractivity contribution in [1.82, 2.24) is 20.2 Å². The van der Waals surface area contributed by atoms with E-state index in [1.165, 1.54) is 18.1 Å². The van der Waals surface area contributed by atoms with Crippen LogP contribution in [0, 0.1) is 0 Å². The summed E-state index contributed by atoms with van der Waals surface area (Å²) >= 11 is 1.67. The summed E-state index contributed by atoms with van der Waals surface area (Å²) in [7, 11) is 0. The van der Waals surface area contributed by atoms with E-state index in [2.05, 4.69) is 55.8 Å². The van der Waals surface area contributed by atoms with Gasteiger partial charge in [0.2, 0.25) is 0 Å². The Bertz CT molecular complexity index is 1270. The molecule has 2 aromatic heterocycles. The Morgan fingerprint density at radius 1 is 1.11 bits per heavy atom. The molecule has 0 aliphatic carbocycles. The van der Waals surface area contributed by atoms with Crippen LogP contribution in [0.25, 0.3) is 20.7 Å². The summed E-state index contributed by atoms with van der Waals surface area (Å²) in [6, 6.07) is 20.7. The fourth-order valence-corrected chi connectivity index (χ4v) is 5.34. The van der Waals surface area contributed by atoms with Crippen molar-refractivity contribution in [2.75, 3.05) is 38.1 Å². The Hall–Kier alpha value is -3.33. The first-order chi connectivity index (χ1) is 17.2. The highest BCUT2D eigenvalue weighted by Gasteiger charge is 2.17. The highest BCUT2D eigenvalue weighted by molar-refractivity contribution is 7.22. The molecule has 0 bridgehead atoms. The van der Waals surface area contributed by atoms with Gasteiger partial charge in [-0.1, -0.05) is 54.6 Å². The predicted molar refractivity (Wildman–Crippen MR) is 140 cm³/mol. The standard InChI is InChI=1S/C27H29N5O2S/c1-19(33)34-17-24(21-5-3-2-4-6-21)31-27-26-23(29-18-30-27)15-25(35-26)22-9-7-20(8-10-22)16-32-13-11-28-12-14-32/h2-10,15,18,24,28H,11-14,16-17H2,1H3,(H,29,30,31)/t24-/m1/s1. The molecule has 0 radical (unpaired) electrons. The first kappa shape index (κ1) is 23.4. The van der Waals surface area contributed by atoms with Crippen LogP contribution in [0.2, 0.25) is 0 Å². The molecule has 180 valence electrons. The molecule has 0 saturated carbocycles. The van der Waals surface area contributed by atoms with Crippen molar-refractivity contribution in [2.45, 2.75) is 19.5 Å². The lowest BCUT2D eigenvalue weighted by Gasteiger charge is -2.27. The second kappa shape index (κ2) is 10.9. The van der Waals surface area contributed by atoms with Crippen LogP contribution in [-0.2, 0) is 16.1 Å². The Balaban J connectivity index is 1.37. The highest BCUT2D eigenvalue weighted by Crippen LogP contribution is 2.36. The number of piperazine rings is 1. The number of hydrogen-bond donors (Lipinski definition) is 2. The molecule has 7 nitrogen and oxygen atoms in total.